The number of aryl methyl sites for hydroxylation is 2. The van der Waals surface area contributed by atoms with Crippen LogP contribution < -0.4 is 0 Å². The zero-order chi connectivity index (χ0) is 16.1. The number of fused-ring (bicyclic) bond motifs is 2. The number of imidazole rings is 1. The van der Waals surface area contributed by atoms with Gasteiger partial charge in [0.1, 0.15) is 11.3 Å². The van der Waals surface area contributed by atoms with Gasteiger partial charge in [0.2, 0.25) is 0 Å². The lowest BCUT2D eigenvalue weighted by molar-refractivity contribution is 0.0636. The first-order valence-corrected chi connectivity index (χ1v) is 7.97. The Hall–Kier alpha value is -2.56. The number of carbonyl (C=O) groups excluding carboxylic acids is 1. The Morgan fingerprint density at radius 1 is 1.22 bits per heavy atom. The highest BCUT2D eigenvalue weighted by molar-refractivity contribution is 5.95. The molecule has 118 valence electrons. The Balaban J connectivity index is 1.78. The Bertz CT molecular complexity index is 905. The van der Waals surface area contributed by atoms with Gasteiger partial charge in [-0.25, -0.2) is 4.98 Å². The summed E-state index contributed by atoms with van der Waals surface area (Å²) in [6.07, 6.45) is 4.07. The molecule has 3 aromatic heterocycles. The number of carbonyl (C=O) groups is 1. The van der Waals surface area contributed by atoms with Gasteiger partial charge in [0.05, 0.1) is 11.7 Å². The molecule has 4 rings (SSSR count). The molecule has 3 aromatic rings. The van der Waals surface area contributed by atoms with Gasteiger partial charge in [-0.1, -0.05) is 6.07 Å². The molecule has 0 aromatic carbocycles. The fourth-order valence-corrected chi connectivity index (χ4v) is 3.52. The number of aromatic nitrogens is 3. The van der Waals surface area contributed by atoms with Crippen molar-refractivity contribution in [2.75, 3.05) is 6.54 Å². The van der Waals surface area contributed by atoms with E-state index in [0.717, 1.165) is 30.0 Å². The third-order valence-corrected chi connectivity index (χ3v) is 4.75. The van der Waals surface area contributed by atoms with Crippen molar-refractivity contribution in [2.24, 2.45) is 0 Å². The SMILES string of the molecule is Cc1ccc2nc(C)c(C(=O)N3CCn4cccc4C3C)n2c1. The second kappa shape index (κ2) is 4.98. The van der Waals surface area contributed by atoms with Crippen LogP contribution in [-0.4, -0.2) is 31.3 Å². The average molecular weight is 308 g/mol. The quantitative estimate of drug-likeness (QED) is 0.693. The van der Waals surface area contributed by atoms with Crippen LogP contribution in [0.4, 0.5) is 0 Å². The lowest BCUT2D eigenvalue weighted by Crippen LogP contribution is -2.41. The third-order valence-electron chi connectivity index (χ3n) is 4.75. The van der Waals surface area contributed by atoms with Gasteiger partial charge in [-0.05, 0) is 44.5 Å². The van der Waals surface area contributed by atoms with Gasteiger partial charge < -0.3 is 9.47 Å². The Morgan fingerprint density at radius 3 is 2.87 bits per heavy atom. The lowest BCUT2D eigenvalue weighted by atomic mass is 10.1. The summed E-state index contributed by atoms with van der Waals surface area (Å²) in [5.41, 5.74) is 4.59. The number of hydrogen-bond acceptors (Lipinski definition) is 2. The summed E-state index contributed by atoms with van der Waals surface area (Å²) in [5, 5.41) is 0. The van der Waals surface area contributed by atoms with Gasteiger partial charge in [0.15, 0.2) is 0 Å². The fraction of sp³-hybridized carbons (Fsp3) is 0.333. The standard InChI is InChI=1S/C18H20N4O/c1-12-6-7-16-19-13(2)17(22(16)11-12)18(23)21-10-9-20-8-4-5-15(20)14(21)3/h4-8,11,14H,9-10H2,1-3H3. The van der Waals surface area contributed by atoms with E-state index in [1.54, 1.807) is 0 Å². The largest absolute Gasteiger partial charge is 0.348 e. The maximum Gasteiger partial charge on any atom is 0.273 e. The molecule has 0 aliphatic carbocycles. The topological polar surface area (TPSA) is 42.5 Å². The van der Waals surface area contributed by atoms with Crippen molar-refractivity contribution in [3.8, 4) is 0 Å². The average Bonchev–Trinajstić information content (AvgIpc) is 3.11. The van der Waals surface area contributed by atoms with Crippen molar-refractivity contribution in [3.63, 3.8) is 0 Å². The second-order valence-corrected chi connectivity index (χ2v) is 6.28. The number of amides is 1. The smallest absolute Gasteiger partial charge is 0.273 e. The first-order valence-electron chi connectivity index (χ1n) is 7.97. The van der Waals surface area contributed by atoms with Crippen molar-refractivity contribution < 1.29 is 4.79 Å². The van der Waals surface area contributed by atoms with Gasteiger partial charge in [-0.15, -0.1) is 0 Å². The minimum atomic E-state index is 0.0561. The molecule has 1 unspecified atom stereocenters. The molecule has 0 spiro atoms. The summed E-state index contributed by atoms with van der Waals surface area (Å²) in [5.74, 6) is 0.0561. The molecule has 1 amide bonds. The molecule has 1 aliphatic rings. The molecule has 1 atom stereocenters. The van der Waals surface area contributed by atoms with E-state index in [0.29, 0.717) is 5.69 Å². The summed E-state index contributed by atoms with van der Waals surface area (Å²) >= 11 is 0. The first kappa shape index (κ1) is 14.1. The molecule has 0 fully saturated rings. The molecule has 0 radical (unpaired) electrons. The van der Waals surface area contributed by atoms with E-state index in [1.807, 2.05) is 47.5 Å². The zero-order valence-electron chi connectivity index (χ0n) is 13.7. The van der Waals surface area contributed by atoms with Crippen LogP contribution in [0.15, 0.2) is 36.7 Å². The van der Waals surface area contributed by atoms with Gasteiger partial charge in [0, 0.05) is 31.2 Å². The molecule has 5 nitrogen and oxygen atoms in total. The summed E-state index contributed by atoms with van der Waals surface area (Å²) in [7, 11) is 0. The first-order chi connectivity index (χ1) is 11.1. The third kappa shape index (κ3) is 2.07. The minimum absolute atomic E-state index is 0.0561. The maximum absolute atomic E-state index is 13.2. The van der Waals surface area contributed by atoms with Crippen LogP contribution in [0, 0.1) is 13.8 Å². The highest BCUT2D eigenvalue weighted by Crippen LogP contribution is 2.28. The van der Waals surface area contributed by atoms with Crippen LogP contribution in [0.5, 0.6) is 0 Å². The van der Waals surface area contributed by atoms with E-state index in [9.17, 15) is 4.79 Å². The van der Waals surface area contributed by atoms with Crippen LogP contribution >= 0.6 is 0 Å². The Kier molecular flexibility index (Phi) is 3.04. The number of nitrogens with zero attached hydrogens (tertiary/aromatic N) is 4. The zero-order valence-corrected chi connectivity index (χ0v) is 13.7. The molecule has 0 saturated carbocycles. The molecule has 0 saturated heterocycles. The summed E-state index contributed by atoms with van der Waals surface area (Å²) < 4.78 is 4.15. The predicted octanol–water partition coefficient (Wildman–Crippen LogP) is 2.97. The van der Waals surface area contributed by atoms with Crippen LogP contribution in [0.3, 0.4) is 0 Å². The molecular weight excluding hydrogens is 288 g/mol. The van der Waals surface area contributed by atoms with Crippen molar-refractivity contribution in [2.45, 2.75) is 33.4 Å². The Morgan fingerprint density at radius 2 is 2.04 bits per heavy atom. The number of rotatable bonds is 1. The molecule has 5 heteroatoms. The summed E-state index contributed by atoms with van der Waals surface area (Å²) in [4.78, 5) is 19.7. The Labute approximate surface area is 135 Å². The van der Waals surface area contributed by atoms with E-state index in [1.165, 1.54) is 5.69 Å². The van der Waals surface area contributed by atoms with Gasteiger partial charge in [-0.3, -0.25) is 9.20 Å². The van der Waals surface area contributed by atoms with Crippen molar-refractivity contribution in [1.29, 1.82) is 0 Å². The highest BCUT2D eigenvalue weighted by Gasteiger charge is 2.30. The molecule has 0 bridgehead atoms. The van der Waals surface area contributed by atoms with E-state index in [-0.39, 0.29) is 11.9 Å². The fourth-order valence-electron chi connectivity index (χ4n) is 3.52. The predicted molar refractivity (Wildman–Crippen MR) is 88.5 cm³/mol. The summed E-state index contributed by atoms with van der Waals surface area (Å²) in [6, 6.07) is 8.19. The highest BCUT2D eigenvalue weighted by atomic mass is 16.2. The molecule has 0 N–H and O–H groups in total. The summed E-state index contributed by atoms with van der Waals surface area (Å²) in [6.45, 7) is 7.59. The normalized spacial score (nSPS) is 17.5. The molecule has 23 heavy (non-hydrogen) atoms. The molecular formula is C18H20N4O. The molecule has 1 aliphatic heterocycles. The van der Waals surface area contributed by atoms with Crippen LogP contribution in [0.1, 0.15) is 40.4 Å². The lowest BCUT2D eigenvalue weighted by Gasteiger charge is -2.35. The number of pyridine rings is 1. The van der Waals surface area contributed by atoms with Gasteiger partial charge in [0.25, 0.3) is 5.91 Å². The van der Waals surface area contributed by atoms with Crippen molar-refractivity contribution in [3.05, 3.63) is 59.3 Å². The van der Waals surface area contributed by atoms with E-state index in [2.05, 4.69) is 28.7 Å². The maximum atomic E-state index is 13.2. The monoisotopic (exact) mass is 308 g/mol. The minimum Gasteiger partial charge on any atom is -0.348 e. The van der Waals surface area contributed by atoms with E-state index < -0.39 is 0 Å². The van der Waals surface area contributed by atoms with Crippen LogP contribution in [0.2, 0.25) is 0 Å². The van der Waals surface area contributed by atoms with Crippen LogP contribution in [-0.2, 0) is 6.54 Å². The van der Waals surface area contributed by atoms with Crippen LogP contribution in [0.25, 0.3) is 5.65 Å². The number of hydrogen-bond donors (Lipinski definition) is 0. The van der Waals surface area contributed by atoms with Crippen molar-refractivity contribution >= 4 is 11.6 Å². The van der Waals surface area contributed by atoms with Crippen molar-refractivity contribution in [1.82, 2.24) is 18.9 Å². The van der Waals surface area contributed by atoms with Gasteiger partial charge >= 0.3 is 0 Å². The second-order valence-electron chi connectivity index (χ2n) is 6.28. The van der Waals surface area contributed by atoms with Gasteiger partial charge in [-0.2, -0.15) is 0 Å². The molecule has 4 heterocycles. The van der Waals surface area contributed by atoms with E-state index in [4.69, 9.17) is 0 Å². The van der Waals surface area contributed by atoms with E-state index >= 15 is 0 Å².